The highest BCUT2D eigenvalue weighted by atomic mass is 35.5. The van der Waals surface area contributed by atoms with Gasteiger partial charge in [-0.15, -0.1) is 0 Å². The number of nitrogens with one attached hydrogen (secondary N) is 2. The molecule has 42 heavy (non-hydrogen) atoms. The monoisotopic (exact) mass is 597 g/mol. The van der Waals surface area contributed by atoms with Crippen molar-refractivity contribution in [3.8, 4) is 16.9 Å². The highest BCUT2D eigenvalue weighted by Crippen LogP contribution is 2.31. The number of rotatable bonds is 14. The Bertz CT molecular complexity index is 1580. The third-order valence-corrected chi connectivity index (χ3v) is 7.24. The van der Waals surface area contributed by atoms with Crippen LogP contribution < -0.4 is 33.9 Å². The molecule has 0 aliphatic carbocycles. The van der Waals surface area contributed by atoms with Gasteiger partial charge in [-0.3, -0.25) is 4.57 Å². The number of aromatic amines is 1. The number of halogens is 2. The van der Waals surface area contributed by atoms with E-state index in [1.54, 1.807) is 24.4 Å². The Morgan fingerprint density at radius 2 is 1.93 bits per heavy atom. The first kappa shape index (κ1) is 31.1. The lowest BCUT2D eigenvalue weighted by Gasteiger charge is -2.11. The minimum atomic E-state index is -0.562. The van der Waals surface area contributed by atoms with E-state index in [0.717, 1.165) is 17.5 Å². The number of fused-ring (bicyclic) bond motifs is 1. The Balaban J connectivity index is 1.48. The summed E-state index contributed by atoms with van der Waals surface area (Å²) in [5.74, 6) is -0.536. The maximum atomic E-state index is 15.1. The highest BCUT2D eigenvalue weighted by molar-refractivity contribution is 6.31. The molecule has 2 atom stereocenters. The van der Waals surface area contributed by atoms with E-state index in [-0.39, 0.29) is 35.2 Å². The molecule has 2 aromatic heterocycles. The molecule has 4 aromatic rings. The minimum absolute atomic E-state index is 0.00249. The largest absolute Gasteiger partial charge is 0.395 e. The normalized spacial score (nSPS) is 12.9. The van der Waals surface area contributed by atoms with E-state index < -0.39 is 11.5 Å². The smallest absolute Gasteiger partial charge is 0.354 e. The lowest BCUT2D eigenvalue weighted by Crippen LogP contribution is -2.30. The zero-order chi connectivity index (χ0) is 30.2. The van der Waals surface area contributed by atoms with Gasteiger partial charge < -0.3 is 38.3 Å². The van der Waals surface area contributed by atoms with Crippen LogP contribution in [0.2, 0.25) is 5.02 Å². The predicted octanol–water partition coefficient (Wildman–Crippen LogP) is 1.90. The summed E-state index contributed by atoms with van der Waals surface area (Å²) in [6.45, 7) is 1.58. The molecule has 0 aliphatic rings. The molecule has 0 aliphatic heterocycles. The van der Waals surface area contributed by atoms with Crippen molar-refractivity contribution in [1.82, 2.24) is 19.9 Å². The highest BCUT2D eigenvalue weighted by Gasteiger charge is 2.16. The zero-order valence-electron chi connectivity index (χ0n) is 23.2. The van der Waals surface area contributed by atoms with Gasteiger partial charge in [0.2, 0.25) is 0 Å². The van der Waals surface area contributed by atoms with Crippen LogP contribution in [0.1, 0.15) is 30.4 Å². The number of aryl methyl sites for hydroxylation is 1. The molecule has 0 bridgehead atoms. The summed E-state index contributed by atoms with van der Waals surface area (Å²) in [6, 6.07) is 12.2. The second-order valence-corrected chi connectivity index (χ2v) is 10.6. The Kier molecular flexibility index (Phi) is 10.7. The fraction of sp³-hybridized carbons (Fsp3) is 0.345. The topological polar surface area (TPSA) is 199 Å². The molecular formula is C29H37ClFN9O2. The van der Waals surface area contributed by atoms with Crippen LogP contribution in [0.15, 0.2) is 58.4 Å². The fourth-order valence-corrected chi connectivity index (χ4v) is 4.93. The van der Waals surface area contributed by atoms with Crippen LogP contribution in [0, 0.1) is 5.82 Å². The summed E-state index contributed by atoms with van der Waals surface area (Å²) in [6.07, 6.45) is 4.36. The van der Waals surface area contributed by atoms with Crippen molar-refractivity contribution < 1.29 is 9.50 Å². The summed E-state index contributed by atoms with van der Waals surface area (Å²) < 4.78 is 16.5. The van der Waals surface area contributed by atoms with Crippen molar-refractivity contribution in [1.29, 1.82) is 0 Å². The van der Waals surface area contributed by atoms with E-state index in [4.69, 9.17) is 39.6 Å². The van der Waals surface area contributed by atoms with Crippen molar-refractivity contribution >= 4 is 28.6 Å². The average molecular weight is 598 g/mol. The number of benzene rings is 2. The number of nitrogens with two attached hydrogens (primary N) is 4. The van der Waals surface area contributed by atoms with Crippen LogP contribution in [0.25, 0.3) is 28.0 Å². The molecular weight excluding hydrogens is 561 g/mol. The van der Waals surface area contributed by atoms with Crippen molar-refractivity contribution in [2.45, 2.75) is 44.3 Å². The SMILES string of the molecule is NC[C@@H](CCNCc1ccc(-n2cc3cc(-c4cc(CCC[C@@H](N)CO)cc(Cl)c4F)[nH]c3nc2=O)cc1)N=C(N)N. The molecule has 0 saturated carbocycles. The van der Waals surface area contributed by atoms with Gasteiger partial charge >= 0.3 is 5.69 Å². The summed E-state index contributed by atoms with van der Waals surface area (Å²) in [7, 11) is 0. The maximum Gasteiger partial charge on any atom is 0.354 e. The molecule has 11 N–H and O–H groups in total. The van der Waals surface area contributed by atoms with Gasteiger partial charge in [0.25, 0.3) is 0 Å². The van der Waals surface area contributed by atoms with Crippen molar-refractivity contribution in [2.75, 3.05) is 19.7 Å². The second kappa shape index (κ2) is 14.4. The number of aliphatic imine (C=N–C) groups is 1. The van der Waals surface area contributed by atoms with Gasteiger partial charge in [0.15, 0.2) is 11.8 Å². The molecule has 0 spiro atoms. The molecule has 13 heteroatoms. The number of aromatic nitrogens is 3. The van der Waals surface area contributed by atoms with Crippen LogP contribution in [-0.2, 0) is 13.0 Å². The number of hydrogen-bond donors (Lipinski definition) is 7. The number of nitrogens with zero attached hydrogens (tertiary/aromatic N) is 3. The second-order valence-electron chi connectivity index (χ2n) is 10.2. The van der Waals surface area contributed by atoms with Crippen LogP contribution in [0.4, 0.5) is 4.39 Å². The lowest BCUT2D eigenvalue weighted by molar-refractivity contribution is 0.258. The fourth-order valence-electron chi connectivity index (χ4n) is 4.69. The van der Waals surface area contributed by atoms with E-state index in [0.29, 0.717) is 61.3 Å². The van der Waals surface area contributed by atoms with Crippen LogP contribution in [0.5, 0.6) is 0 Å². The molecule has 11 nitrogen and oxygen atoms in total. The summed E-state index contributed by atoms with van der Waals surface area (Å²) in [5, 5.41) is 13.1. The molecule has 2 aromatic carbocycles. The van der Waals surface area contributed by atoms with E-state index in [9.17, 15) is 4.79 Å². The molecule has 0 saturated heterocycles. The first-order valence-corrected chi connectivity index (χ1v) is 14.1. The Labute approximate surface area is 247 Å². The van der Waals surface area contributed by atoms with Crippen LogP contribution in [0.3, 0.4) is 0 Å². The first-order chi connectivity index (χ1) is 20.2. The van der Waals surface area contributed by atoms with E-state index in [1.165, 1.54) is 4.57 Å². The van der Waals surface area contributed by atoms with Gasteiger partial charge in [-0.2, -0.15) is 4.98 Å². The van der Waals surface area contributed by atoms with Gasteiger partial charge in [0, 0.05) is 36.3 Å². The third-order valence-electron chi connectivity index (χ3n) is 6.96. The van der Waals surface area contributed by atoms with Gasteiger partial charge in [0.05, 0.1) is 29.1 Å². The Morgan fingerprint density at radius 3 is 2.62 bits per heavy atom. The average Bonchev–Trinajstić information content (AvgIpc) is 3.38. The number of H-pyrrole nitrogens is 1. The van der Waals surface area contributed by atoms with Gasteiger partial charge in [-0.05, 0) is 73.7 Å². The van der Waals surface area contributed by atoms with E-state index >= 15 is 4.39 Å². The van der Waals surface area contributed by atoms with Crippen molar-refractivity contribution in [2.24, 2.45) is 27.9 Å². The quantitative estimate of drug-likeness (QED) is 0.0649. The number of guanidine groups is 1. The lowest BCUT2D eigenvalue weighted by atomic mass is 10.0. The van der Waals surface area contributed by atoms with Gasteiger partial charge in [-0.25, -0.2) is 14.2 Å². The maximum absolute atomic E-state index is 15.1. The first-order valence-electron chi connectivity index (χ1n) is 13.7. The zero-order valence-corrected chi connectivity index (χ0v) is 23.9. The van der Waals surface area contributed by atoms with E-state index in [2.05, 4.69) is 20.3 Å². The molecule has 0 amide bonds. The molecule has 0 unspecified atom stereocenters. The third kappa shape index (κ3) is 7.93. The molecule has 0 fully saturated rings. The standard InChI is InChI=1S/C29H37ClFN9O2/c30-24-11-18(2-1-3-20(33)16-41)10-23(26(24)31)25-12-19-15-40(29(42)39-27(19)38-25)22-6-4-17(5-7-22)14-36-9-8-21(13-32)37-28(34)35/h4-7,10-12,15,20-21,36,41H,1-3,8-9,13-14,16,32-33H2,(H4,34,35,37)(H,38,39,42)/t20-,21-/m1/s1. The Hall–Kier alpha value is -3.81. The van der Waals surface area contributed by atoms with Gasteiger partial charge in [-0.1, -0.05) is 23.7 Å². The van der Waals surface area contributed by atoms with E-state index in [1.807, 2.05) is 24.3 Å². The summed E-state index contributed by atoms with van der Waals surface area (Å²) in [5.41, 5.74) is 25.5. The van der Waals surface area contributed by atoms with Gasteiger partial charge in [0.1, 0.15) is 5.65 Å². The molecule has 4 rings (SSSR count). The van der Waals surface area contributed by atoms with Crippen LogP contribution in [-0.4, -0.2) is 57.4 Å². The van der Waals surface area contributed by atoms with Crippen LogP contribution >= 0.6 is 11.6 Å². The molecule has 0 radical (unpaired) electrons. The molecule has 224 valence electrons. The Morgan fingerprint density at radius 1 is 1.17 bits per heavy atom. The van der Waals surface area contributed by atoms with Crippen molar-refractivity contribution in [3.63, 3.8) is 0 Å². The number of aliphatic hydroxyl groups excluding tert-OH is 1. The predicted molar refractivity (Wildman–Crippen MR) is 165 cm³/mol. The number of hydrogen-bond acceptors (Lipinski definition) is 7. The molecule has 2 heterocycles. The van der Waals surface area contributed by atoms with Crippen molar-refractivity contribution in [3.05, 3.63) is 81.1 Å². The minimum Gasteiger partial charge on any atom is -0.395 e. The summed E-state index contributed by atoms with van der Waals surface area (Å²) >= 11 is 6.21. The summed E-state index contributed by atoms with van der Waals surface area (Å²) in [4.78, 5) is 24.2. The number of aliphatic hydroxyl groups is 1.